The summed E-state index contributed by atoms with van der Waals surface area (Å²) in [6.45, 7) is 8.56. The van der Waals surface area contributed by atoms with Crippen LogP contribution in [0.4, 0.5) is 24.5 Å². The molecular weight excluding hydrogens is 585 g/mol. The van der Waals surface area contributed by atoms with E-state index in [0.29, 0.717) is 17.5 Å². The molecule has 0 bridgehead atoms. The highest BCUT2D eigenvalue weighted by Crippen LogP contribution is 2.46. The van der Waals surface area contributed by atoms with Gasteiger partial charge in [0.1, 0.15) is 0 Å². The van der Waals surface area contributed by atoms with Crippen molar-refractivity contribution < 1.29 is 18.0 Å². The molecule has 1 saturated heterocycles. The molecular formula is C38H47F3N4O. The molecule has 2 heterocycles. The Labute approximate surface area is 272 Å². The van der Waals surface area contributed by atoms with Crippen LogP contribution in [0.15, 0.2) is 79.1 Å². The number of amides is 1. The number of nitrogens with zero attached hydrogens (tertiary/aromatic N) is 4. The number of rotatable bonds is 10. The smallest absolute Gasteiger partial charge is 0.345 e. The van der Waals surface area contributed by atoms with E-state index in [1.165, 1.54) is 44.0 Å². The van der Waals surface area contributed by atoms with E-state index in [9.17, 15) is 18.0 Å². The summed E-state index contributed by atoms with van der Waals surface area (Å²) in [4.78, 5) is 24.6. The predicted octanol–water partition coefficient (Wildman–Crippen LogP) is 8.98. The number of hydrogen-bond donors (Lipinski definition) is 0. The second-order valence-corrected chi connectivity index (χ2v) is 13.6. The molecule has 0 radical (unpaired) electrons. The van der Waals surface area contributed by atoms with E-state index in [0.717, 1.165) is 73.8 Å². The fraction of sp³-hybridized carbons (Fsp3) is 0.474. The minimum absolute atomic E-state index is 0.109. The van der Waals surface area contributed by atoms with Gasteiger partial charge in [0.2, 0.25) is 5.91 Å². The summed E-state index contributed by atoms with van der Waals surface area (Å²) in [5, 5.41) is 0. The van der Waals surface area contributed by atoms with E-state index in [-0.39, 0.29) is 11.9 Å². The maximum absolute atomic E-state index is 13.8. The van der Waals surface area contributed by atoms with Crippen molar-refractivity contribution in [1.82, 2.24) is 14.8 Å². The van der Waals surface area contributed by atoms with Crippen LogP contribution in [-0.4, -0.2) is 53.4 Å². The third-order valence-corrected chi connectivity index (χ3v) is 10.1. The number of likely N-dealkylation sites (tertiary alicyclic amines) is 1. The van der Waals surface area contributed by atoms with Gasteiger partial charge >= 0.3 is 6.18 Å². The number of anilines is 2. The lowest BCUT2D eigenvalue weighted by molar-refractivity contribution is -0.137. The lowest BCUT2D eigenvalue weighted by atomic mass is 9.66. The monoisotopic (exact) mass is 632 g/mol. The number of carbonyl (C=O) groups is 1. The fourth-order valence-electron chi connectivity index (χ4n) is 6.89. The van der Waals surface area contributed by atoms with Crippen molar-refractivity contribution in [2.24, 2.45) is 11.3 Å². The Morgan fingerprint density at radius 1 is 0.935 bits per heavy atom. The molecule has 2 aliphatic rings. The second kappa shape index (κ2) is 14.8. The molecule has 246 valence electrons. The summed E-state index contributed by atoms with van der Waals surface area (Å²) in [5.41, 5.74) is 3.36. The minimum atomic E-state index is -4.39. The van der Waals surface area contributed by atoms with E-state index in [1.54, 1.807) is 18.5 Å². The normalized spacial score (nSPS) is 17.5. The molecule has 8 heteroatoms. The maximum Gasteiger partial charge on any atom is 0.416 e. The van der Waals surface area contributed by atoms with Crippen molar-refractivity contribution >= 4 is 23.4 Å². The molecule has 46 heavy (non-hydrogen) atoms. The number of carbonyl (C=O) groups excluding carboxylic acids is 1. The number of alkyl halides is 3. The Kier molecular flexibility index (Phi) is 10.9. The van der Waals surface area contributed by atoms with Crippen LogP contribution in [0.5, 0.6) is 0 Å². The van der Waals surface area contributed by atoms with Crippen LogP contribution < -0.4 is 4.90 Å². The van der Waals surface area contributed by atoms with Crippen LogP contribution in [0.1, 0.15) is 75.5 Å². The van der Waals surface area contributed by atoms with Crippen molar-refractivity contribution in [1.29, 1.82) is 0 Å². The zero-order chi connectivity index (χ0) is 32.7. The predicted molar refractivity (Wildman–Crippen MR) is 180 cm³/mol. The van der Waals surface area contributed by atoms with Gasteiger partial charge in [-0.15, -0.1) is 0 Å². The third-order valence-electron chi connectivity index (χ3n) is 10.1. The lowest BCUT2D eigenvalue weighted by Crippen LogP contribution is -2.47. The number of benzene rings is 2. The maximum atomic E-state index is 13.8. The van der Waals surface area contributed by atoms with Crippen molar-refractivity contribution in [3.05, 3.63) is 95.8 Å². The van der Waals surface area contributed by atoms with Crippen molar-refractivity contribution in [2.75, 3.05) is 31.6 Å². The molecule has 5 rings (SSSR count). The zero-order valence-corrected chi connectivity index (χ0v) is 27.3. The molecule has 0 N–H and O–H groups in total. The molecule has 1 aliphatic heterocycles. The number of pyridine rings is 1. The molecule has 5 nitrogen and oxygen atoms in total. The summed E-state index contributed by atoms with van der Waals surface area (Å²) >= 11 is 0. The lowest BCUT2D eigenvalue weighted by Gasteiger charge is -2.48. The Hall–Kier alpha value is -3.65. The van der Waals surface area contributed by atoms with Gasteiger partial charge in [0.15, 0.2) is 0 Å². The van der Waals surface area contributed by atoms with E-state index in [2.05, 4.69) is 52.9 Å². The minimum Gasteiger partial charge on any atom is -0.345 e. The molecule has 1 amide bonds. The van der Waals surface area contributed by atoms with E-state index in [1.807, 2.05) is 24.1 Å². The topological polar surface area (TPSA) is 39.7 Å². The summed E-state index contributed by atoms with van der Waals surface area (Å²) < 4.78 is 39.1. The number of hydrogen-bond acceptors (Lipinski definition) is 4. The van der Waals surface area contributed by atoms with Gasteiger partial charge in [0.05, 0.1) is 5.56 Å². The molecule has 1 saturated carbocycles. The van der Waals surface area contributed by atoms with Gasteiger partial charge in [-0.25, -0.2) is 0 Å². The quantitative estimate of drug-likeness (QED) is 0.209. The highest BCUT2D eigenvalue weighted by molar-refractivity contribution is 5.92. The average Bonchev–Trinajstić information content (AvgIpc) is 3.06. The molecule has 2 aromatic carbocycles. The molecule has 0 atom stereocenters. The van der Waals surface area contributed by atoms with Crippen LogP contribution in [0.3, 0.4) is 0 Å². The molecule has 1 spiro atoms. The third kappa shape index (κ3) is 8.78. The van der Waals surface area contributed by atoms with Gasteiger partial charge in [-0.05, 0) is 130 Å². The average molecular weight is 633 g/mol. The second-order valence-electron chi connectivity index (χ2n) is 13.6. The van der Waals surface area contributed by atoms with Crippen LogP contribution >= 0.6 is 0 Å². The first kappa shape index (κ1) is 33.7. The number of halogens is 3. The first-order chi connectivity index (χ1) is 22.0. The van der Waals surface area contributed by atoms with Crippen molar-refractivity contribution in [3.63, 3.8) is 0 Å². The highest BCUT2D eigenvalue weighted by Gasteiger charge is 2.40. The Balaban J connectivity index is 1.28. The van der Waals surface area contributed by atoms with Crippen LogP contribution in [-0.2, 0) is 17.5 Å². The number of piperidine rings is 1. The van der Waals surface area contributed by atoms with Crippen LogP contribution in [0, 0.1) is 11.3 Å². The SMILES string of the molecule is CC(C)CCN1CCC2(CCC(N(Cc3ccc(N(C)c4ccncc4)cc3)C(=O)/C=C/c3ccc(C(F)(F)F)cc3)CC2)CC1. The largest absolute Gasteiger partial charge is 0.416 e. The van der Waals surface area contributed by atoms with Gasteiger partial charge in [-0.1, -0.05) is 38.1 Å². The Morgan fingerprint density at radius 3 is 2.13 bits per heavy atom. The van der Waals surface area contributed by atoms with E-state index >= 15 is 0 Å². The highest BCUT2D eigenvalue weighted by atomic mass is 19.4. The molecule has 1 aromatic heterocycles. The summed E-state index contributed by atoms with van der Waals surface area (Å²) in [6.07, 6.45) is 10.2. The Morgan fingerprint density at radius 2 is 1.54 bits per heavy atom. The van der Waals surface area contributed by atoms with Crippen molar-refractivity contribution in [3.8, 4) is 0 Å². The van der Waals surface area contributed by atoms with Gasteiger partial charge in [-0.3, -0.25) is 9.78 Å². The van der Waals surface area contributed by atoms with Crippen LogP contribution in [0.25, 0.3) is 6.08 Å². The van der Waals surface area contributed by atoms with E-state index in [4.69, 9.17) is 0 Å². The van der Waals surface area contributed by atoms with Gasteiger partial charge in [0, 0.05) is 49.5 Å². The zero-order valence-electron chi connectivity index (χ0n) is 27.3. The fourth-order valence-corrected chi connectivity index (χ4v) is 6.89. The first-order valence-electron chi connectivity index (χ1n) is 16.6. The molecule has 3 aromatic rings. The van der Waals surface area contributed by atoms with Gasteiger partial charge in [-0.2, -0.15) is 13.2 Å². The van der Waals surface area contributed by atoms with E-state index < -0.39 is 11.7 Å². The van der Waals surface area contributed by atoms with Crippen molar-refractivity contribution in [2.45, 2.75) is 77.6 Å². The standard InChI is InChI=1S/C38H47F3N4O/c1-29(2)18-25-44-26-21-37(22-27-44)19-14-35(15-20-37)45(36(46)13-8-30-4-9-32(10-5-30)38(39,40)41)28-31-6-11-33(12-7-31)43(3)34-16-23-42-24-17-34/h4-13,16-17,23-24,29,35H,14-15,18-22,25-28H2,1-3H3/b13-8+. The van der Waals surface area contributed by atoms with Crippen LogP contribution in [0.2, 0.25) is 0 Å². The summed E-state index contributed by atoms with van der Waals surface area (Å²) in [7, 11) is 2.01. The molecule has 2 fully saturated rings. The van der Waals surface area contributed by atoms with Gasteiger partial charge < -0.3 is 14.7 Å². The first-order valence-corrected chi connectivity index (χ1v) is 16.6. The molecule has 0 unspecified atom stereocenters. The van der Waals surface area contributed by atoms with Gasteiger partial charge in [0.25, 0.3) is 0 Å². The number of aromatic nitrogens is 1. The Bertz CT molecular complexity index is 1420. The molecule has 1 aliphatic carbocycles. The summed E-state index contributed by atoms with van der Waals surface area (Å²) in [6, 6.07) is 17.3. The summed E-state index contributed by atoms with van der Waals surface area (Å²) in [5.74, 6) is 0.615.